The van der Waals surface area contributed by atoms with Crippen molar-refractivity contribution >= 4 is 11.9 Å². The zero-order valence-electron chi connectivity index (χ0n) is 11.1. The first-order chi connectivity index (χ1) is 9.56. The van der Waals surface area contributed by atoms with Crippen molar-refractivity contribution in [1.82, 2.24) is 5.32 Å². The lowest BCUT2D eigenvalue weighted by atomic mass is 10.1. The van der Waals surface area contributed by atoms with Gasteiger partial charge in [-0.25, -0.2) is 4.79 Å². The maximum Gasteiger partial charge on any atom is 0.335 e. The van der Waals surface area contributed by atoms with Crippen LogP contribution in [0.1, 0.15) is 32.2 Å². The summed E-state index contributed by atoms with van der Waals surface area (Å²) >= 11 is 0. The van der Waals surface area contributed by atoms with Crippen molar-refractivity contribution < 1.29 is 19.1 Å². The first-order valence-corrected chi connectivity index (χ1v) is 6.23. The van der Waals surface area contributed by atoms with Crippen LogP contribution in [0.3, 0.4) is 0 Å². The van der Waals surface area contributed by atoms with Gasteiger partial charge in [-0.2, -0.15) is 0 Å². The molecule has 104 valence electrons. The molecule has 2 aromatic rings. The van der Waals surface area contributed by atoms with Crippen LogP contribution in [0.4, 0.5) is 0 Å². The van der Waals surface area contributed by atoms with Crippen molar-refractivity contribution in [2.45, 2.75) is 13.3 Å². The molecule has 0 fully saturated rings. The van der Waals surface area contributed by atoms with Gasteiger partial charge in [-0.3, -0.25) is 4.79 Å². The number of carboxylic acids is 1. The molecule has 2 N–H and O–H groups in total. The van der Waals surface area contributed by atoms with Gasteiger partial charge in [0, 0.05) is 6.54 Å². The van der Waals surface area contributed by atoms with Gasteiger partial charge in [0.1, 0.15) is 5.76 Å². The minimum atomic E-state index is -0.946. The summed E-state index contributed by atoms with van der Waals surface area (Å²) in [5.74, 6) is -0.207. The van der Waals surface area contributed by atoms with E-state index in [2.05, 4.69) is 5.32 Å². The number of benzene rings is 1. The Bertz CT molecular complexity index is 613. The molecule has 0 aliphatic carbocycles. The molecule has 0 aliphatic heterocycles. The van der Waals surface area contributed by atoms with E-state index in [9.17, 15) is 9.59 Å². The van der Waals surface area contributed by atoms with Gasteiger partial charge in [0.2, 0.25) is 0 Å². The van der Waals surface area contributed by atoms with E-state index in [0.717, 1.165) is 5.56 Å². The van der Waals surface area contributed by atoms with Crippen LogP contribution in [0.5, 0.6) is 0 Å². The van der Waals surface area contributed by atoms with E-state index < -0.39 is 5.97 Å². The summed E-state index contributed by atoms with van der Waals surface area (Å²) < 4.78 is 5.21. The number of carboxylic acid groups (broad SMARTS) is 1. The van der Waals surface area contributed by atoms with E-state index in [4.69, 9.17) is 9.52 Å². The topological polar surface area (TPSA) is 79.5 Å². The molecule has 0 atom stereocenters. The number of aromatic carboxylic acids is 1. The summed E-state index contributed by atoms with van der Waals surface area (Å²) in [6, 6.07) is 9.95. The van der Waals surface area contributed by atoms with Gasteiger partial charge in [-0.05, 0) is 43.2 Å². The molecule has 0 bridgehead atoms. The average Bonchev–Trinajstić information content (AvgIpc) is 2.86. The Kier molecular flexibility index (Phi) is 4.20. The second-order valence-corrected chi connectivity index (χ2v) is 4.42. The summed E-state index contributed by atoms with van der Waals surface area (Å²) in [5.41, 5.74) is 1.22. The molecule has 1 amide bonds. The first kappa shape index (κ1) is 13.9. The molecule has 1 heterocycles. The van der Waals surface area contributed by atoms with Gasteiger partial charge in [0.25, 0.3) is 5.91 Å². The highest BCUT2D eigenvalue weighted by atomic mass is 16.4. The number of carbonyl (C=O) groups is 2. The largest absolute Gasteiger partial charge is 0.478 e. The average molecular weight is 273 g/mol. The lowest BCUT2D eigenvalue weighted by molar-refractivity contribution is 0.0696. The Hall–Kier alpha value is -2.56. The molecule has 0 aliphatic rings. The zero-order chi connectivity index (χ0) is 14.5. The van der Waals surface area contributed by atoms with Crippen LogP contribution in [-0.4, -0.2) is 23.5 Å². The normalized spacial score (nSPS) is 10.2. The van der Waals surface area contributed by atoms with E-state index in [0.29, 0.717) is 24.5 Å². The Morgan fingerprint density at radius 3 is 2.40 bits per heavy atom. The second kappa shape index (κ2) is 6.06. The SMILES string of the molecule is Cc1ccc(C(=O)NCCc2ccc(C(=O)O)cc2)o1. The Morgan fingerprint density at radius 2 is 1.85 bits per heavy atom. The van der Waals surface area contributed by atoms with Gasteiger partial charge >= 0.3 is 5.97 Å². The third kappa shape index (κ3) is 3.47. The highest BCUT2D eigenvalue weighted by molar-refractivity contribution is 5.91. The summed E-state index contributed by atoms with van der Waals surface area (Å²) in [4.78, 5) is 22.4. The maximum atomic E-state index is 11.7. The van der Waals surface area contributed by atoms with Gasteiger partial charge < -0.3 is 14.8 Å². The van der Waals surface area contributed by atoms with Crippen molar-refractivity contribution in [2.24, 2.45) is 0 Å². The van der Waals surface area contributed by atoms with E-state index in [1.165, 1.54) is 0 Å². The third-order valence-electron chi connectivity index (χ3n) is 2.86. The number of furan rings is 1. The van der Waals surface area contributed by atoms with Crippen LogP contribution in [0, 0.1) is 6.92 Å². The highest BCUT2D eigenvalue weighted by Crippen LogP contribution is 2.07. The number of aryl methyl sites for hydroxylation is 1. The predicted octanol–water partition coefficient (Wildman–Crippen LogP) is 2.26. The predicted molar refractivity (Wildman–Crippen MR) is 72.9 cm³/mol. The van der Waals surface area contributed by atoms with Crippen molar-refractivity contribution in [3.8, 4) is 0 Å². The first-order valence-electron chi connectivity index (χ1n) is 6.23. The number of nitrogens with one attached hydrogen (secondary N) is 1. The Labute approximate surface area is 116 Å². The number of amides is 1. The second-order valence-electron chi connectivity index (χ2n) is 4.42. The van der Waals surface area contributed by atoms with Crippen LogP contribution in [-0.2, 0) is 6.42 Å². The number of carbonyl (C=O) groups excluding carboxylic acids is 1. The molecule has 1 aromatic heterocycles. The molecule has 2 rings (SSSR count). The quantitative estimate of drug-likeness (QED) is 0.875. The van der Waals surface area contributed by atoms with Crippen LogP contribution in [0.25, 0.3) is 0 Å². The van der Waals surface area contributed by atoms with E-state index in [1.54, 1.807) is 43.3 Å². The van der Waals surface area contributed by atoms with Gasteiger partial charge in [0.05, 0.1) is 5.56 Å². The zero-order valence-corrected chi connectivity index (χ0v) is 11.1. The monoisotopic (exact) mass is 273 g/mol. The van der Waals surface area contributed by atoms with Crippen LogP contribution >= 0.6 is 0 Å². The minimum Gasteiger partial charge on any atom is -0.478 e. The van der Waals surface area contributed by atoms with Crippen molar-refractivity contribution in [2.75, 3.05) is 6.54 Å². The summed E-state index contributed by atoms with van der Waals surface area (Å²) in [6.45, 7) is 2.24. The van der Waals surface area contributed by atoms with Crippen LogP contribution in [0.15, 0.2) is 40.8 Å². The van der Waals surface area contributed by atoms with E-state index >= 15 is 0 Å². The Balaban J connectivity index is 1.83. The lowest BCUT2D eigenvalue weighted by Gasteiger charge is -2.04. The molecule has 5 heteroatoms. The molecular formula is C15H15NO4. The fourth-order valence-electron chi connectivity index (χ4n) is 1.78. The lowest BCUT2D eigenvalue weighted by Crippen LogP contribution is -2.25. The molecule has 0 unspecified atom stereocenters. The summed E-state index contributed by atoms with van der Waals surface area (Å²) in [5, 5.41) is 11.5. The minimum absolute atomic E-state index is 0.250. The highest BCUT2D eigenvalue weighted by Gasteiger charge is 2.09. The summed E-state index contributed by atoms with van der Waals surface area (Å²) in [6.07, 6.45) is 0.630. The molecule has 5 nitrogen and oxygen atoms in total. The summed E-state index contributed by atoms with van der Waals surface area (Å²) in [7, 11) is 0. The fraction of sp³-hybridized carbons (Fsp3) is 0.200. The number of hydrogen-bond donors (Lipinski definition) is 2. The van der Waals surface area contributed by atoms with Crippen molar-refractivity contribution in [1.29, 1.82) is 0 Å². The molecule has 0 spiro atoms. The van der Waals surface area contributed by atoms with Crippen molar-refractivity contribution in [3.05, 3.63) is 59.0 Å². The molecule has 0 saturated heterocycles. The molecule has 0 saturated carbocycles. The standard InChI is InChI=1S/C15H15NO4/c1-10-2-7-13(20-10)14(17)16-9-8-11-3-5-12(6-4-11)15(18)19/h2-7H,8-9H2,1H3,(H,16,17)(H,18,19). The maximum absolute atomic E-state index is 11.7. The third-order valence-corrected chi connectivity index (χ3v) is 2.86. The Morgan fingerprint density at radius 1 is 1.15 bits per heavy atom. The fourth-order valence-corrected chi connectivity index (χ4v) is 1.78. The van der Waals surface area contributed by atoms with Crippen molar-refractivity contribution in [3.63, 3.8) is 0 Å². The van der Waals surface area contributed by atoms with Crippen LogP contribution in [0.2, 0.25) is 0 Å². The van der Waals surface area contributed by atoms with E-state index in [-0.39, 0.29) is 11.5 Å². The van der Waals surface area contributed by atoms with Gasteiger partial charge in [-0.15, -0.1) is 0 Å². The van der Waals surface area contributed by atoms with Gasteiger partial charge in [-0.1, -0.05) is 12.1 Å². The molecule has 0 radical (unpaired) electrons. The van der Waals surface area contributed by atoms with Gasteiger partial charge in [0.15, 0.2) is 5.76 Å². The number of hydrogen-bond acceptors (Lipinski definition) is 3. The molecule has 20 heavy (non-hydrogen) atoms. The van der Waals surface area contributed by atoms with Crippen LogP contribution < -0.4 is 5.32 Å². The molecule has 1 aromatic carbocycles. The van der Waals surface area contributed by atoms with E-state index in [1.807, 2.05) is 0 Å². The smallest absolute Gasteiger partial charge is 0.335 e. The number of rotatable bonds is 5. The molecular weight excluding hydrogens is 258 g/mol.